The van der Waals surface area contributed by atoms with Gasteiger partial charge in [0, 0.05) is 43.9 Å². The number of anilines is 2. The monoisotopic (exact) mass is 355 g/mol. The van der Waals surface area contributed by atoms with Gasteiger partial charge >= 0.3 is 0 Å². The van der Waals surface area contributed by atoms with Crippen LogP contribution in [0, 0.1) is 5.92 Å². The van der Waals surface area contributed by atoms with Crippen molar-refractivity contribution in [2.24, 2.45) is 5.92 Å². The smallest absolute Gasteiger partial charge is 0.245 e. The van der Waals surface area contributed by atoms with Crippen molar-refractivity contribution >= 4 is 29.1 Å². The maximum atomic E-state index is 13.1. The van der Waals surface area contributed by atoms with Crippen LogP contribution >= 0.6 is 0 Å². The molecule has 0 aromatic heterocycles. The van der Waals surface area contributed by atoms with Crippen LogP contribution < -0.4 is 10.2 Å². The maximum absolute atomic E-state index is 13.1. The van der Waals surface area contributed by atoms with Crippen molar-refractivity contribution in [3.05, 3.63) is 36.4 Å². The SMILES string of the molecule is C=CC(=O)N1CCC(C(=O)N2CCCc3c(NC(C)=O)cccc32)CC1. The Kier molecular flexibility index (Phi) is 5.40. The molecule has 1 fully saturated rings. The molecule has 1 saturated heterocycles. The summed E-state index contributed by atoms with van der Waals surface area (Å²) in [5, 5.41) is 2.87. The molecular weight excluding hydrogens is 330 g/mol. The molecule has 0 saturated carbocycles. The first-order chi connectivity index (χ1) is 12.5. The first-order valence-corrected chi connectivity index (χ1v) is 9.13. The molecule has 2 aliphatic heterocycles. The highest BCUT2D eigenvalue weighted by molar-refractivity contribution is 5.98. The van der Waals surface area contributed by atoms with E-state index in [2.05, 4.69) is 11.9 Å². The summed E-state index contributed by atoms with van der Waals surface area (Å²) in [5.74, 6) is -0.129. The molecule has 0 unspecified atom stereocenters. The van der Waals surface area contributed by atoms with Gasteiger partial charge in [-0.2, -0.15) is 0 Å². The first kappa shape index (κ1) is 18.2. The molecule has 1 N–H and O–H groups in total. The summed E-state index contributed by atoms with van der Waals surface area (Å²) in [6.07, 6.45) is 4.41. The lowest BCUT2D eigenvalue weighted by Crippen LogP contribution is -2.45. The molecule has 138 valence electrons. The van der Waals surface area contributed by atoms with Gasteiger partial charge in [0.2, 0.25) is 17.7 Å². The van der Waals surface area contributed by atoms with E-state index in [1.807, 2.05) is 23.1 Å². The van der Waals surface area contributed by atoms with Crippen LogP contribution in [0.25, 0.3) is 0 Å². The highest BCUT2D eigenvalue weighted by Gasteiger charge is 2.32. The number of amides is 3. The predicted molar refractivity (Wildman–Crippen MR) is 101 cm³/mol. The molecule has 1 aromatic carbocycles. The van der Waals surface area contributed by atoms with E-state index >= 15 is 0 Å². The van der Waals surface area contributed by atoms with E-state index in [1.165, 1.54) is 13.0 Å². The number of hydrogen-bond donors (Lipinski definition) is 1. The van der Waals surface area contributed by atoms with Crippen LogP contribution in [0.5, 0.6) is 0 Å². The van der Waals surface area contributed by atoms with Crippen molar-refractivity contribution < 1.29 is 14.4 Å². The lowest BCUT2D eigenvalue weighted by atomic mass is 9.92. The van der Waals surface area contributed by atoms with Crippen LogP contribution in [0.15, 0.2) is 30.9 Å². The molecule has 0 bridgehead atoms. The molecular formula is C20H25N3O3. The third-order valence-corrected chi connectivity index (χ3v) is 5.16. The molecule has 6 nitrogen and oxygen atoms in total. The molecule has 0 radical (unpaired) electrons. The Balaban J connectivity index is 1.75. The summed E-state index contributed by atoms with van der Waals surface area (Å²) < 4.78 is 0. The van der Waals surface area contributed by atoms with Gasteiger partial charge < -0.3 is 15.1 Å². The van der Waals surface area contributed by atoms with Crippen molar-refractivity contribution in [1.29, 1.82) is 0 Å². The van der Waals surface area contributed by atoms with Crippen LogP contribution in [0.1, 0.15) is 31.7 Å². The topological polar surface area (TPSA) is 69.7 Å². The van der Waals surface area contributed by atoms with E-state index in [0.29, 0.717) is 32.5 Å². The number of nitrogens with one attached hydrogen (secondary N) is 1. The van der Waals surface area contributed by atoms with Gasteiger partial charge in [0.15, 0.2) is 0 Å². The second kappa shape index (κ2) is 7.72. The minimum Gasteiger partial charge on any atom is -0.339 e. The van der Waals surface area contributed by atoms with Crippen molar-refractivity contribution in [1.82, 2.24) is 4.90 Å². The lowest BCUT2D eigenvalue weighted by molar-refractivity contribution is -0.131. The van der Waals surface area contributed by atoms with E-state index in [0.717, 1.165) is 29.8 Å². The van der Waals surface area contributed by atoms with E-state index in [9.17, 15) is 14.4 Å². The molecule has 26 heavy (non-hydrogen) atoms. The Bertz CT molecular complexity index is 736. The number of fused-ring (bicyclic) bond motifs is 1. The highest BCUT2D eigenvalue weighted by atomic mass is 16.2. The molecule has 3 amide bonds. The zero-order valence-corrected chi connectivity index (χ0v) is 15.2. The Morgan fingerprint density at radius 3 is 2.58 bits per heavy atom. The van der Waals surface area contributed by atoms with Gasteiger partial charge in [-0.25, -0.2) is 0 Å². The van der Waals surface area contributed by atoms with Crippen molar-refractivity contribution in [2.45, 2.75) is 32.6 Å². The van der Waals surface area contributed by atoms with Crippen LogP contribution in [-0.2, 0) is 20.8 Å². The quantitative estimate of drug-likeness (QED) is 0.846. The fourth-order valence-electron chi connectivity index (χ4n) is 3.86. The Morgan fingerprint density at radius 1 is 1.19 bits per heavy atom. The molecule has 0 atom stereocenters. The second-order valence-corrected chi connectivity index (χ2v) is 6.88. The summed E-state index contributed by atoms with van der Waals surface area (Å²) in [5.41, 5.74) is 2.72. The Morgan fingerprint density at radius 2 is 1.92 bits per heavy atom. The molecule has 6 heteroatoms. The first-order valence-electron chi connectivity index (χ1n) is 9.13. The second-order valence-electron chi connectivity index (χ2n) is 6.88. The van der Waals surface area contributed by atoms with Crippen LogP contribution in [0.3, 0.4) is 0 Å². The molecule has 0 aliphatic carbocycles. The third kappa shape index (κ3) is 3.64. The molecule has 3 rings (SSSR count). The van der Waals surface area contributed by atoms with Crippen molar-refractivity contribution in [3.8, 4) is 0 Å². The van der Waals surface area contributed by atoms with Gasteiger partial charge in [-0.3, -0.25) is 14.4 Å². The Labute approximate surface area is 153 Å². The van der Waals surface area contributed by atoms with E-state index in [1.54, 1.807) is 4.90 Å². The van der Waals surface area contributed by atoms with E-state index in [4.69, 9.17) is 0 Å². The van der Waals surface area contributed by atoms with Gasteiger partial charge in [0.1, 0.15) is 0 Å². The van der Waals surface area contributed by atoms with Crippen molar-refractivity contribution in [2.75, 3.05) is 29.9 Å². The minimum atomic E-state index is -0.110. The summed E-state index contributed by atoms with van der Waals surface area (Å²) >= 11 is 0. The highest BCUT2D eigenvalue weighted by Crippen LogP contribution is 2.34. The summed E-state index contributed by atoms with van der Waals surface area (Å²) in [6, 6.07) is 5.71. The van der Waals surface area contributed by atoms with E-state index in [-0.39, 0.29) is 23.6 Å². The number of carbonyl (C=O) groups is 3. The summed E-state index contributed by atoms with van der Waals surface area (Å²) in [4.78, 5) is 39.9. The zero-order chi connectivity index (χ0) is 18.7. The standard InChI is InChI=1S/C20H25N3O3/c1-3-19(25)22-12-9-15(10-13-22)20(26)23-11-5-6-16-17(21-14(2)24)7-4-8-18(16)23/h3-4,7-8,15H,1,5-6,9-13H2,2H3,(H,21,24). The molecule has 0 spiro atoms. The molecule has 1 aromatic rings. The van der Waals surface area contributed by atoms with Crippen LogP contribution in [-0.4, -0.2) is 42.3 Å². The number of piperidine rings is 1. The largest absolute Gasteiger partial charge is 0.339 e. The van der Waals surface area contributed by atoms with Gasteiger partial charge in [0.25, 0.3) is 0 Å². The van der Waals surface area contributed by atoms with Crippen molar-refractivity contribution in [3.63, 3.8) is 0 Å². The summed E-state index contributed by atoms with van der Waals surface area (Å²) in [7, 11) is 0. The van der Waals surface area contributed by atoms with Gasteiger partial charge in [0.05, 0.1) is 0 Å². The predicted octanol–water partition coefficient (Wildman–Crippen LogP) is 2.35. The summed E-state index contributed by atoms with van der Waals surface area (Å²) in [6.45, 7) is 6.89. The van der Waals surface area contributed by atoms with Crippen LogP contribution in [0.4, 0.5) is 11.4 Å². The molecule has 2 aliphatic rings. The number of benzene rings is 1. The number of carbonyl (C=O) groups excluding carboxylic acids is 3. The normalized spacial score (nSPS) is 17.4. The fraction of sp³-hybridized carbons (Fsp3) is 0.450. The van der Waals surface area contributed by atoms with Crippen LogP contribution in [0.2, 0.25) is 0 Å². The minimum absolute atomic E-state index is 0.0702. The average molecular weight is 355 g/mol. The number of likely N-dealkylation sites (tertiary alicyclic amines) is 1. The van der Waals surface area contributed by atoms with Gasteiger partial charge in [-0.15, -0.1) is 0 Å². The number of rotatable bonds is 3. The fourth-order valence-corrected chi connectivity index (χ4v) is 3.86. The lowest BCUT2D eigenvalue weighted by Gasteiger charge is -2.36. The average Bonchev–Trinajstić information content (AvgIpc) is 2.66. The Hall–Kier alpha value is -2.63. The molecule has 2 heterocycles. The van der Waals surface area contributed by atoms with Gasteiger partial charge in [-0.05, 0) is 49.5 Å². The zero-order valence-electron chi connectivity index (χ0n) is 15.2. The maximum Gasteiger partial charge on any atom is 0.245 e. The van der Waals surface area contributed by atoms with E-state index < -0.39 is 0 Å². The number of nitrogens with zero attached hydrogens (tertiary/aromatic N) is 2. The third-order valence-electron chi connectivity index (χ3n) is 5.16. The number of hydrogen-bond acceptors (Lipinski definition) is 3. The van der Waals surface area contributed by atoms with Gasteiger partial charge in [-0.1, -0.05) is 12.6 Å².